The summed E-state index contributed by atoms with van der Waals surface area (Å²) in [5.74, 6) is 0.895. The Labute approximate surface area is 86.1 Å². The molecule has 0 heterocycles. The quantitative estimate of drug-likeness (QED) is 0.696. The molecule has 1 rings (SSSR count). The molecule has 0 aromatic heterocycles. The molecule has 0 spiro atoms. The predicted molar refractivity (Wildman–Crippen MR) is 59.2 cm³/mol. The number of rotatable bonds is 5. The molecule has 0 saturated carbocycles. The Morgan fingerprint density at radius 1 is 1.29 bits per heavy atom. The highest BCUT2D eigenvalue weighted by atomic mass is 16.1. The number of carbonyl (C=O) groups is 1. The van der Waals surface area contributed by atoms with E-state index in [0.717, 1.165) is 12.8 Å². The van der Waals surface area contributed by atoms with Gasteiger partial charge in [0, 0.05) is 6.42 Å². The lowest BCUT2D eigenvalue weighted by atomic mass is 9.96. The molecule has 0 bridgehead atoms. The van der Waals surface area contributed by atoms with Crippen molar-refractivity contribution in [3.05, 3.63) is 35.9 Å². The molecular weight excluding hydrogens is 172 g/mol. The van der Waals surface area contributed by atoms with Gasteiger partial charge in [-0.15, -0.1) is 0 Å². The van der Waals surface area contributed by atoms with Crippen LogP contribution in [0.1, 0.15) is 32.3 Å². The van der Waals surface area contributed by atoms with Crippen LogP contribution in [0.4, 0.5) is 0 Å². The first-order valence-electron chi connectivity index (χ1n) is 5.22. The van der Waals surface area contributed by atoms with Crippen LogP contribution in [0.2, 0.25) is 0 Å². The second kappa shape index (κ2) is 5.58. The van der Waals surface area contributed by atoms with Crippen LogP contribution in [0.25, 0.3) is 0 Å². The Balaban J connectivity index is 2.34. The number of hydrogen-bond acceptors (Lipinski definition) is 1. The Morgan fingerprint density at radius 2 is 1.93 bits per heavy atom. The average molecular weight is 190 g/mol. The number of carbonyl (C=O) groups excluding carboxylic acids is 1. The zero-order valence-electron chi connectivity index (χ0n) is 8.99. The second-order valence-electron chi connectivity index (χ2n) is 4.04. The molecule has 0 aliphatic rings. The third-order valence-electron chi connectivity index (χ3n) is 2.42. The predicted octanol–water partition coefficient (Wildman–Crippen LogP) is 3.23. The maximum atomic E-state index is 10.8. The van der Waals surface area contributed by atoms with E-state index in [0.29, 0.717) is 18.1 Å². The first-order chi connectivity index (χ1) is 6.68. The third kappa shape index (κ3) is 4.22. The largest absolute Gasteiger partial charge is 0.300 e. The topological polar surface area (TPSA) is 17.1 Å². The molecule has 0 N–H and O–H groups in total. The SMILES string of the molecule is CC(=O)CCC(C)Cc1ccccc1. The highest BCUT2D eigenvalue weighted by molar-refractivity contribution is 5.75. The smallest absolute Gasteiger partial charge is 0.129 e. The van der Waals surface area contributed by atoms with Gasteiger partial charge < -0.3 is 4.79 Å². The van der Waals surface area contributed by atoms with Gasteiger partial charge in [-0.1, -0.05) is 37.3 Å². The third-order valence-corrected chi connectivity index (χ3v) is 2.42. The van der Waals surface area contributed by atoms with Crippen LogP contribution in [0.15, 0.2) is 30.3 Å². The fourth-order valence-corrected chi connectivity index (χ4v) is 1.57. The number of Topliss-reactive ketones (excluding diaryl/α,β-unsaturated/α-hetero) is 1. The Bertz CT molecular complexity index is 277. The van der Waals surface area contributed by atoms with Gasteiger partial charge in [0.25, 0.3) is 0 Å². The van der Waals surface area contributed by atoms with Crippen LogP contribution in [-0.2, 0) is 11.2 Å². The maximum Gasteiger partial charge on any atom is 0.129 e. The molecule has 1 atom stereocenters. The van der Waals surface area contributed by atoms with E-state index >= 15 is 0 Å². The summed E-state index contributed by atoms with van der Waals surface area (Å²) in [6.07, 6.45) is 2.80. The van der Waals surface area contributed by atoms with Crippen LogP contribution >= 0.6 is 0 Å². The van der Waals surface area contributed by atoms with Crippen molar-refractivity contribution in [2.45, 2.75) is 33.1 Å². The molecule has 1 unspecified atom stereocenters. The molecule has 0 saturated heterocycles. The number of benzene rings is 1. The molecule has 1 aromatic carbocycles. The Kier molecular flexibility index (Phi) is 4.37. The summed E-state index contributed by atoms with van der Waals surface area (Å²) < 4.78 is 0. The molecule has 0 aliphatic carbocycles. The van der Waals surface area contributed by atoms with Gasteiger partial charge in [0.05, 0.1) is 0 Å². The molecule has 14 heavy (non-hydrogen) atoms. The van der Waals surface area contributed by atoms with Crippen LogP contribution in [0.5, 0.6) is 0 Å². The molecule has 1 nitrogen and oxygen atoms in total. The van der Waals surface area contributed by atoms with Crippen molar-refractivity contribution in [2.75, 3.05) is 0 Å². The van der Waals surface area contributed by atoms with Gasteiger partial charge in [-0.25, -0.2) is 0 Å². The summed E-state index contributed by atoms with van der Waals surface area (Å²) in [7, 11) is 0. The summed E-state index contributed by atoms with van der Waals surface area (Å²) in [4.78, 5) is 10.8. The normalized spacial score (nSPS) is 12.4. The summed E-state index contributed by atoms with van der Waals surface area (Å²) in [6.45, 7) is 3.87. The van der Waals surface area contributed by atoms with Gasteiger partial charge in [0.2, 0.25) is 0 Å². The average Bonchev–Trinajstić information content (AvgIpc) is 2.16. The highest BCUT2D eigenvalue weighted by Crippen LogP contribution is 2.13. The monoisotopic (exact) mass is 190 g/mol. The standard InChI is InChI=1S/C13H18O/c1-11(8-9-12(2)14)10-13-6-4-3-5-7-13/h3-7,11H,8-10H2,1-2H3. The van der Waals surface area contributed by atoms with E-state index in [4.69, 9.17) is 0 Å². The van der Waals surface area contributed by atoms with Crippen LogP contribution in [-0.4, -0.2) is 5.78 Å². The molecule has 0 fully saturated rings. The van der Waals surface area contributed by atoms with Gasteiger partial charge in [-0.3, -0.25) is 0 Å². The molecule has 76 valence electrons. The zero-order chi connectivity index (χ0) is 10.4. The lowest BCUT2D eigenvalue weighted by Gasteiger charge is -2.09. The molecule has 1 heteroatoms. The minimum Gasteiger partial charge on any atom is -0.300 e. The molecular formula is C13H18O. The second-order valence-corrected chi connectivity index (χ2v) is 4.04. The van der Waals surface area contributed by atoms with Crippen molar-refractivity contribution in [1.82, 2.24) is 0 Å². The minimum atomic E-state index is 0.296. The van der Waals surface area contributed by atoms with Gasteiger partial charge in [-0.2, -0.15) is 0 Å². The first kappa shape index (κ1) is 11.0. The van der Waals surface area contributed by atoms with E-state index in [1.54, 1.807) is 6.92 Å². The van der Waals surface area contributed by atoms with Crippen LogP contribution in [0.3, 0.4) is 0 Å². The van der Waals surface area contributed by atoms with E-state index in [9.17, 15) is 4.79 Å². The van der Waals surface area contributed by atoms with Gasteiger partial charge >= 0.3 is 0 Å². The summed E-state index contributed by atoms with van der Waals surface area (Å²) in [6, 6.07) is 10.4. The van der Waals surface area contributed by atoms with Gasteiger partial charge in [0.15, 0.2) is 0 Å². The lowest BCUT2D eigenvalue weighted by Crippen LogP contribution is -2.02. The van der Waals surface area contributed by atoms with Crippen LogP contribution in [0, 0.1) is 5.92 Å². The molecule has 0 aliphatic heterocycles. The van der Waals surface area contributed by atoms with Crippen molar-refractivity contribution >= 4 is 5.78 Å². The van der Waals surface area contributed by atoms with E-state index < -0.39 is 0 Å². The molecule has 0 amide bonds. The van der Waals surface area contributed by atoms with Crippen molar-refractivity contribution in [2.24, 2.45) is 5.92 Å². The fourth-order valence-electron chi connectivity index (χ4n) is 1.57. The number of ketones is 1. The Morgan fingerprint density at radius 3 is 2.50 bits per heavy atom. The van der Waals surface area contributed by atoms with E-state index in [2.05, 4.69) is 31.2 Å². The zero-order valence-corrected chi connectivity index (χ0v) is 8.99. The summed E-state index contributed by atoms with van der Waals surface area (Å²) in [5.41, 5.74) is 1.36. The van der Waals surface area contributed by atoms with E-state index in [1.807, 2.05) is 6.07 Å². The Hall–Kier alpha value is -1.11. The fraction of sp³-hybridized carbons (Fsp3) is 0.462. The summed E-state index contributed by atoms with van der Waals surface area (Å²) in [5, 5.41) is 0. The highest BCUT2D eigenvalue weighted by Gasteiger charge is 2.04. The minimum absolute atomic E-state index is 0.296. The molecule has 0 radical (unpaired) electrons. The van der Waals surface area contributed by atoms with Crippen molar-refractivity contribution in [3.63, 3.8) is 0 Å². The van der Waals surface area contributed by atoms with Crippen molar-refractivity contribution in [3.8, 4) is 0 Å². The number of hydrogen-bond donors (Lipinski definition) is 0. The van der Waals surface area contributed by atoms with E-state index in [1.165, 1.54) is 5.56 Å². The maximum absolute atomic E-state index is 10.8. The van der Waals surface area contributed by atoms with Gasteiger partial charge in [0.1, 0.15) is 5.78 Å². The summed E-state index contributed by atoms with van der Waals surface area (Å²) >= 11 is 0. The van der Waals surface area contributed by atoms with Gasteiger partial charge in [-0.05, 0) is 31.2 Å². The molecule has 1 aromatic rings. The van der Waals surface area contributed by atoms with E-state index in [-0.39, 0.29) is 0 Å². The first-order valence-corrected chi connectivity index (χ1v) is 5.22. The lowest BCUT2D eigenvalue weighted by molar-refractivity contribution is -0.117. The van der Waals surface area contributed by atoms with Crippen molar-refractivity contribution < 1.29 is 4.79 Å². The van der Waals surface area contributed by atoms with Crippen LogP contribution < -0.4 is 0 Å². The van der Waals surface area contributed by atoms with Crippen molar-refractivity contribution in [1.29, 1.82) is 0 Å².